The molecule has 4 aromatic heterocycles. The summed E-state index contributed by atoms with van der Waals surface area (Å²) >= 11 is 0. The lowest BCUT2D eigenvalue weighted by Crippen LogP contribution is -2.12. The molecule has 0 amide bonds. The molecule has 0 bridgehead atoms. The van der Waals surface area contributed by atoms with Crippen molar-refractivity contribution in [1.82, 2.24) is 35.5 Å². The molecule has 0 saturated heterocycles. The number of nitrogens with one attached hydrogen (secondary N) is 3. The summed E-state index contributed by atoms with van der Waals surface area (Å²) in [5.41, 5.74) is 8.24. The number of nitrogens with zero attached hydrogens (tertiary/aromatic N) is 4. The summed E-state index contributed by atoms with van der Waals surface area (Å²) < 4.78 is 13.9. The number of halogens is 1. The Bertz CT molecular complexity index is 1750. The van der Waals surface area contributed by atoms with Gasteiger partial charge in [0.2, 0.25) is 0 Å². The maximum atomic E-state index is 13.9. The second kappa shape index (κ2) is 10.9. The lowest BCUT2D eigenvalue weighted by atomic mass is 10.1. The first kappa shape index (κ1) is 25.8. The van der Waals surface area contributed by atoms with E-state index in [2.05, 4.69) is 57.5 Å². The van der Waals surface area contributed by atoms with Crippen molar-refractivity contribution >= 4 is 27.8 Å². The highest BCUT2D eigenvalue weighted by atomic mass is 19.1. The molecule has 4 heterocycles. The van der Waals surface area contributed by atoms with E-state index in [0.717, 1.165) is 45.7 Å². The Labute approximate surface area is 226 Å². The quantitative estimate of drug-likeness (QED) is 0.177. The molecule has 0 spiro atoms. The molecule has 196 valence electrons. The van der Waals surface area contributed by atoms with Crippen molar-refractivity contribution in [3.05, 3.63) is 103 Å². The number of hydrogen-bond acceptors (Lipinski definition) is 5. The van der Waals surface area contributed by atoms with Gasteiger partial charge in [0.1, 0.15) is 11.3 Å². The largest absolute Gasteiger partial charge is 0.359 e. The first-order valence-electron chi connectivity index (χ1n) is 12.8. The molecule has 5 aromatic rings. The van der Waals surface area contributed by atoms with Gasteiger partial charge in [0.25, 0.3) is 0 Å². The normalized spacial score (nSPS) is 12.4. The number of pyridine rings is 2. The number of aromatic amines is 2. The molecule has 0 radical (unpaired) electrons. The SMILES string of the molecule is C=C/C(=C\C(=C/C)c1ccc2[nH]nc(-c3nc4nccc(-c5cccc(F)c5)c4[nH]3)c2n1)NC(=C)CC(C)C. The molecule has 39 heavy (non-hydrogen) atoms. The van der Waals surface area contributed by atoms with E-state index in [-0.39, 0.29) is 5.82 Å². The number of aromatic nitrogens is 6. The van der Waals surface area contributed by atoms with Crippen LogP contribution in [0.15, 0.2) is 91.4 Å². The van der Waals surface area contributed by atoms with Crippen LogP contribution in [0.3, 0.4) is 0 Å². The van der Waals surface area contributed by atoms with Crippen LogP contribution in [0, 0.1) is 11.7 Å². The van der Waals surface area contributed by atoms with Crippen LogP contribution in [-0.2, 0) is 0 Å². The van der Waals surface area contributed by atoms with E-state index < -0.39 is 0 Å². The third kappa shape index (κ3) is 5.40. The molecule has 0 atom stereocenters. The summed E-state index contributed by atoms with van der Waals surface area (Å²) in [5.74, 6) is 0.715. The molecule has 0 aliphatic rings. The Morgan fingerprint density at radius 1 is 1.15 bits per heavy atom. The highest BCUT2D eigenvalue weighted by Gasteiger charge is 2.17. The maximum Gasteiger partial charge on any atom is 0.178 e. The van der Waals surface area contributed by atoms with Crippen molar-refractivity contribution in [2.24, 2.45) is 5.92 Å². The van der Waals surface area contributed by atoms with Crippen LogP contribution in [0.25, 0.3) is 50.4 Å². The molecule has 1 aromatic carbocycles. The Morgan fingerprint density at radius 3 is 2.74 bits per heavy atom. The predicted molar refractivity (Wildman–Crippen MR) is 156 cm³/mol. The van der Waals surface area contributed by atoms with Gasteiger partial charge < -0.3 is 10.3 Å². The van der Waals surface area contributed by atoms with Gasteiger partial charge in [-0.15, -0.1) is 0 Å². The second-order valence-corrected chi connectivity index (χ2v) is 9.69. The smallest absolute Gasteiger partial charge is 0.178 e. The Morgan fingerprint density at radius 2 is 2.00 bits per heavy atom. The Kier molecular flexibility index (Phi) is 7.19. The molecule has 0 saturated carbocycles. The molecule has 5 rings (SSSR count). The highest BCUT2D eigenvalue weighted by molar-refractivity contribution is 5.95. The van der Waals surface area contributed by atoms with Crippen molar-refractivity contribution in [1.29, 1.82) is 0 Å². The average Bonchev–Trinajstić information content (AvgIpc) is 3.54. The van der Waals surface area contributed by atoms with E-state index in [1.54, 1.807) is 18.3 Å². The molecule has 0 unspecified atom stereocenters. The summed E-state index contributed by atoms with van der Waals surface area (Å²) in [6, 6.07) is 12.2. The molecule has 0 aliphatic carbocycles. The van der Waals surface area contributed by atoms with Gasteiger partial charge in [0.15, 0.2) is 17.2 Å². The minimum atomic E-state index is -0.305. The minimum absolute atomic E-state index is 0.305. The topological polar surface area (TPSA) is 95.2 Å². The van der Waals surface area contributed by atoms with Crippen molar-refractivity contribution in [3.8, 4) is 22.6 Å². The molecule has 3 N–H and O–H groups in total. The van der Waals surface area contributed by atoms with Gasteiger partial charge in [-0.2, -0.15) is 5.10 Å². The van der Waals surface area contributed by atoms with Crippen LogP contribution in [0.4, 0.5) is 4.39 Å². The maximum absolute atomic E-state index is 13.9. The van der Waals surface area contributed by atoms with Crippen molar-refractivity contribution in [3.63, 3.8) is 0 Å². The lowest BCUT2D eigenvalue weighted by molar-refractivity contribution is 0.622. The third-order valence-corrected chi connectivity index (χ3v) is 6.27. The number of rotatable bonds is 9. The zero-order valence-corrected chi connectivity index (χ0v) is 22.2. The summed E-state index contributed by atoms with van der Waals surface area (Å²) in [6.45, 7) is 14.4. The second-order valence-electron chi connectivity index (χ2n) is 9.69. The number of benzene rings is 1. The first-order chi connectivity index (χ1) is 18.9. The van der Waals surface area contributed by atoms with E-state index >= 15 is 0 Å². The van der Waals surface area contributed by atoms with Crippen LogP contribution in [-0.4, -0.2) is 30.1 Å². The minimum Gasteiger partial charge on any atom is -0.359 e. The summed E-state index contributed by atoms with van der Waals surface area (Å²) in [7, 11) is 0. The van der Waals surface area contributed by atoms with Crippen molar-refractivity contribution in [2.75, 3.05) is 0 Å². The average molecular weight is 520 g/mol. The van der Waals surface area contributed by atoms with Crippen LogP contribution >= 0.6 is 0 Å². The van der Waals surface area contributed by atoms with Crippen LogP contribution in [0.5, 0.6) is 0 Å². The van der Waals surface area contributed by atoms with Crippen LogP contribution in [0.1, 0.15) is 32.9 Å². The van der Waals surface area contributed by atoms with Crippen molar-refractivity contribution in [2.45, 2.75) is 27.2 Å². The fourth-order valence-corrected chi connectivity index (χ4v) is 4.51. The third-order valence-electron chi connectivity index (χ3n) is 6.27. The molecular weight excluding hydrogens is 489 g/mol. The summed E-state index contributed by atoms with van der Waals surface area (Å²) in [6.07, 6.45) is 8.31. The number of fused-ring (bicyclic) bond motifs is 2. The van der Waals surface area contributed by atoms with Gasteiger partial charge in [0, 0.05) is 23.2 Å². The van der Waals surface area contributed by atoms with E-state index in [1.165, 1.54) is 12.1 Å². The molecule has 0 aliphatic heterocycles. The molecule has 0 fully saturated rings. The Balaban J connectivity index is 1.53. The predicted octanol–water partition coefficient (Wildman–Crippen LogP) is 7.32. The van der Waals surface area contributed by atoms with Crippen LogP contribution < -0.4 is 5.32 Å². The standard InChI is InChI=1S/C31H30FN7/c1-6-20(17-23(7-2)34-19(5)15-18(3)4)25-11-12-26-28(35-25)29(39-38-26)31-36-27-24(13-14-33-30(27)37-31)21-9-8-10-22(32)16-21/h6-14,16-18,34H,2,5,15H2,1,3-4H3,(H,38,39)(H,33,36,37)/b20-6+,23-17+. The van der Waals surface area contributed by atoms with Gasteiger partial charge in [-0.05, 0) is 72.9 Å². The van der Waals surface area contributed by atoms with Gasteiger partial charge in [-0.1, -0.05) is 45.2 Å². The lowest BCUT2D eigenvalue weighted by Gasteiger charge is -2.13. The number of allylic oxidation sites excluding steroid dienone is 5. The van der Waals surface area contributed by atoms with E-state index in [1.807, 2.05) is 43.3 Å². The van der Waals surface area contributed by atoms with Gasteiger partial charge in [0.05, 0.1) is 16.7 Å². The van der Waals surface area contributed by atoms with E-state index in [4.69, 9.17) is 4.98 Å². The van der Waals surface area contributed by atoms with E-state index in [0.29, 0.717) is 34.1 Å². The number of H-pyrrole nitrogens is 2. The highest BCUT2D eigenvalue weighted by Crippen LogP contribution is 2.31. The van der Waals surface area contributed by atoms with E-state index in [9.17, 15) is 4.39 Å². The summed E-state index contributed by atoms with van der Waals surface area (Å²) in [4.78, 5) is 17.4. The fraction of sp³-hybridized carbons (Fsp3) is 0.161. The van der Waals surface area contributed by atoms with Gasteiger partial charge in [-0.25, -0.2) is 19.3 Å². The van der Waals surface area contributed by atoms with Gasteiger partial charge in [-0.3, -0.25) is 5.10 Å². The first-order valence-corrected chi connectivity index (χ1v) is 12.8. The molecule has 8 heteroatoms. The zero-order valence-electron chi connectivity index (χ0n) is 22.2. The fourth-order valence-electron chi connectivity index (χ4n) is 4.51. The summed E-state index contributed by atoms with van der Waals surface area (Å²) in [5, 5.41) is 10.9. The van der Waals surface area contributed by atoms with Crippen molar-refractivity contribution < 1.29 is 4.39 Å². The number of hydrogen-bond donors (Lipinski definition) is 3. The van der Waals surface area contributed by atoms with Crippen LogP contribution in [0.2, 0.25) is 0 Å². The number of imidazole rings is 1. The zero-order chi connectivity index (χ0) is 27.5. The molecular formula is C31H30FN7. The molecule has 7 nitrogen and oxygen atoms in total. The Hall–Kier alpha value is -4.85. The monoisotopic (exact) mass is 519 g/mol. The van der Waals surface area contributed by atoms with Gasteiger partial charge >= 0.3 is 0 Å².